The Morgan fingerprint density at radius 2 is 1.89 bits per heavy atom. The quantitative estimate of drug-likeness (QED) is 0.804. The minimum Gasteiger partial charge on any atom is -0.341 e. The predicted molar refractivity (Wildman–Crippen MR) is 112 cm³/mol. The molecule has 1 aromatic carbocycles. The van der Waals surface area contributed by atoms with E-state index in [0.717, 1.165) is 31.4 Å². The number of nitrogens with zero attached hydrogens (tertiary/aromatic N) is 2. The standard InChI is InChI=1S/C21H33N3O2.ClH/c1-21(2,3)20(26)24-13-7-11-18(16-24)19(25)23(14-8-12-22)15-17-9-5-4-6-10-17;/h4-6,9-10,18H,7-8,11-16,22H2,1-3H3;1H. The molecule has 2 rings (SSSR count). The molecule has 0 radical (unpaired) electrons. The summed E-state index contributed by atoms with van der Waals surface area (Å²) < 4.78 is 0. The molecule has 1 aliphatic heterocycles. The molecule has 1 fully saturated rings. The molecule has 1 aromatic rings. The highest BCUT2D eigenvalue weighted by Crippen LogP contribution is 2.25. The minimum absolute atomic E-state index is 0. The molecule has 5 nitrogen and oxygen atoms in total. The number of amides is 2. The molecule has 0 bridgehead atoms. The summed E-state index contributed by atoms with van der Waals surface area (Å²) in [6, 6.07) is 10.0. The Kier molecular flexibility index (Phi) is 9.27. The molecule has 0 spiro atoms. The monoisotopic (exact) mass is 395 g/mol. The van der Waals surface area contributed by atoms with Crippen LogP contribution in [0.25, 0.3) is 0 Å². The minimum atomic E-state index is -0.409. The lowest BCUT2D eigenvalue weighted by atomic mass is 9.90. The van der Waals surface area contributed by atoms with Gasteiger partial charge in [0, 0.05) is 31.6 Å². The fraction of sp³-hybridized carbons (Fsp3) is 0.619. The maximum absolute atomic E-state index is 13.2. The normalized spacial score (nSPS) is 17.2. The van der Waals surface area contributed by atoms with E-state index in [2.05, 4.69) is 0 Å². The van der Waals surface area contributed by atoms with Crippen LogP contribution in [0.5, 0.6) is 0 Å². The van der Waals surface area contributed by atoms with Gasteiger partial charge < -0.3 is 15.5 Å². The van der Waals surface area contributed by atoms with Crippen molar-refractivity contribution in [2.75, 3.05) is 26.2 Å². The molecule has 1 unspecified atom stereocenters. The van der Waals surface area contributed by atoms with Gasteiger partial charge in [0.05, 0.1) is 5.92 Å². The van der Waals surface area contributed by atoms with Crippen LogP contribution in [-0.2, 0) is 16.1 Å². The summed E-state index contributed by atoms with van der Waals surface area (Å²) in [6.07, 6.45) is 2.52. The van der Waals surface area contributed by atoms with Crippen molar-refractivity contribution in [2.45, 2.75) is 46.6 Å². The van der Waals surface area contributed by atoms with E-state index in [-0.39, 0.29) is 30.1 Å². The maximum atomic E-state index is 13.2. The van der Waals surface area contributed by atoms with Gasteiger partial charge in [0.1, 0.15) is 0 Å². The SMILES string of the molecule is CC(C)(C)C(=O)N1CCCC(C(=O)N(CCCN)Cc2ccccc2)C1.Cl. The summed E-state index contributed by atoms with van der Waals surface area (Å²) in [5, 5.41) is 0. The highest BCUT2D eigenvalue weighted by molar-refractivity contribution is 5.85. The van der Waals surface area contributed by atoms with Crippen LogP contribution in [-0.4, -0.2) is 47.8 Å². The average Bonchev–Trinajstić information content (AvgIpc) is 2.64. The Balaban J connectivity index is 0.00000364. The highest BCUT2D eigenvalue weighted by Gasteiger charge is 2.34. The van der Waals surface area contributed by atoms with Gasteiger partial charge >= 0.3 is 0 Å². The Labute approximate surface area is 169 Å². The van der Waals surface area contributed by atoms with Crippen LogP contribution in [0.15, 0.2) is 30.3 Å². The van der Waals surface area contributed by atoms with Crippen LogP contribution in [0.4, 0.5) is 0 Å². The van der Waals surface area contributed by atoms with Gasteiger partial charge in [0.2, 0.25) is 11.8 Å². The topological polar surface area (TPSA) is 66.6 Å². The molecule has 1 heterocycles. The number of carbonyl (C=O) groups excluding carboxylic acids is 2. The molecule has 2 N–H and O–H groups in total. The number of carbonyl (C=O) groups is 2. The molecule has 1 atom stereocenters. The molecule has 1 saturated heterocycles. The fourth-order valence-electron chi connectivity index (χ4n) is 3.45. The van der Waals surface area contributed by atoms with E-state index in [1.807, 2.05) is 60.9 Å². The zero-order valence-electron chi connectivity index (χ0n) is 16.8. The summed E-state index contributed by atoms with van der Waals surface area (Å²) in [7, 11) is 0. The number of benzene rings is 1. The first-order chi connectivity index (χ1) is 12.3. The highest BCUT2D eigenvalue weighted by atomic mass is 35.5. The predicted octanol–water partition coefficient (Wildman–Crippen LogP) is 3.07. The first-order valence-electron chi connectivity index (χ1n) is 9.65. The van der Waals surface area contributed by atoms with E-state index >= 15 is 0 Å². The van der Waals surface area contributed by atoms with Crippen molar-refractivity contribution < 1.29 is 9.59 Å². The molecular formula is C21H34ClN3O2. The van der Waals surface area contributed by atoms with Crippen molar-refractivity contribution in [2.24, 2.45) is 17.1 Å². The second-order valence-electron chi connectivity index (χ2n) is 8.23. The van der Waals surface area contributed by atoms with Crippen LogP contribution < -0.4 is 5.73 Å². The molecular weight excluding hydrogens is 362 g/mol. The van der Waals surface area contributed by atoms with Gasteiger partial charge in [-0.2, -0.15) is 0 Å². The van der Waals surface area contributed by atoms with Crippen LogP contribution in [0.2, 0.25) is 0 Å². The Bertz CT molecular complexity index is 601. The average molecular weight is 396 g/mol. The first kappa shape index (κ1) is 23.4. The Morgan fingerprint density at radius 1 is 1.22 bits per heavy atom. The van der Waals surface area contributed by atoms with Gasteiger partial charge in [0.25, 0.3) is 0 Å². The molecule has 2 amide bonds. The summed E-state index contributed by atoms with van der Waals surface area (Å²) in [5.41, 5.74) is 6.38. The van der Waals surface area contributed by atoms with Crippen molar-refractivity contribution in [3.05, 3.63) is 35.9 Å². The van der Waals surface area contributed by atoms with E-state index < -0.39 is 5.41 Å². The number of hydrogen-bond donors (Lipinski definition) is 1. The maximum Gasteiger partial charge on any atom is 0.227 e. The van der Waals surface area contributed by atoms with Gasteiger partial charge in [-0.15, -0.1) is 12.4 Å². The molecule has 6 heteroatoms. The lowest BCUT2D eigenvalue weighted by Crippen LogP contribution is -2.49. The van der Waals surface area contributed by atoms with Crippen LogP contribution in [0.1, 0.15) is 45.6 Å². The lowest BCUT2D eigenvalue weighted by Gasteiger charge is -2.37. The number of nitrogens with two attached hydrogens (primary N) is 1. The summed E-state index contributed by atoms with van der Waals surface area (Å²) in [6.45, 7) is 8.91. The molecule has 27 heavy (non-hydrogen) atoms. The number of likely N-dealkylation sites (tertiary alicyclic amines) is 1. The van der Waals surface area contributed by atoms with Crippen LogP contribution >= 0.6 is 12.4 Å². The number of piperidine rings is 1. The fourth-order valence-corrected chi connectivity index (χ4v) is 3.45. The van der Waals surface area contributed by atoms with Crippen molar-refractivity contribution >= 4 is 24.2 Å². The second kappa shape index (κ2) is 10.7. The molecule has 152 valence electrons. The smallest absolute Gasteiger partial charge is 0.227 e. The van der Waals surface area contributed by atoms with E-state index in [4.69, 9.17) is 5.73 Å². The molecule has 1 aliphatic rings. The number of hydrogen-bond acceptors (Lipinski definition) is 3. The van der Waals surface area contributed by atoms with Crippen LogP contribution in [0, 0.1) is 11.3 Å². The van der Waals surface area contributed by atoms with Crippen molar-refractivity contribution in [3.8, 4) is 0 Å². The van der Waals surface area contributed by atoms with E-state index in [1.165, 1.54) is 0 Å². The van der Waals surface area contributed by atoms with E-state index in [0.29, 0.717) is 26.2 Å². The van der Waals surface area contributed by atoms with Crippen molar-refractivity contribution in [1.82, 2.24) is 9.80 Å². The van der Waals surface area contributed by atoms with E-state index in [1.54, 1.807) is 0 Å². The molecule has 0 saturated carbocycles. The molecule has 0 aromatic heterocycles. The third-order valence-electron chi connectivity index (χ3n) is 4.86. The van der Waals surface area contributed by atoms with Gasteiger partial charge in [-0.05, 0) is 31.4 Å². The Hall–Kier alpha value is -1.59. The van der Waals surface area contributed by atoms with Gasteiger partial charge in [-0.25, -0.2) is 0 Å². The van der Waals surface area contributed by atoms with Gasteiger partial charge in [-0.1, -0.05) is 51.1 Å². The zero-order chi connectivity index (χ0) is 19.2. The van der Waals surface area contributed by atoms with Crippen molar-refractivity contribution in [3.63, 3.8) is 0 Å². The zero-order valence-corrected chi connectivity index (χ0v) is 17.6. The lowest BCUT2D eigenvalue weighted by molar-refractivity contribution is -0.145. The summed E-state index contributed by atoms with van der Waals surface area (Å²) in [4.78, 5) is 29.6. The third-order valence-corrected chi connectivity index (χ3v) is 4.86. The van der Waals surface area contributed by atoms with E-state index in [9.17, 15) is 9.59 Å². The largest absolute Gasteiger partial charge is 0.341 e. The summed E-state index contributed by atoms with van der Waals surface area (Å²) >= 11 is 0. The van der Waals surface area contributed by atoms with Crippen LogP contribution in [0.3, 0.4) is 0 Å². The summed E-state index contributed by atoms with van der Waals surface area (Å²) in [5.74, 6) is 0.164. The third kappa shape index (κ3) is 6.82. The first-order valence-corrected chi connectivity index (χ1v) is 9.65. The second-order valence-corrected chi connectivity index (χ2v) is 8.23. The van der Waals surface area contributed by atoms with Gasteiger partial charge in [-0.3, -0.25) is 9.59 Å². The Morgan fingerprint density at radius 3 is 2.48 bits per heavy atom. The van der Waals surface area contributed by atoms with Crippen molar-refractivity contribution in [1.29, 1.82) is 0 Å². The molecule has 0 aliphatic carbocycles. The van der Waals surface area contributed by atoms with Gasteiger partial charge in [0.15, 0.2) is 0 Å². The number of rotatable bonds is 6. The number of halogens is 1.